The number of nitrogens with zero attached hydrogens (tertiary/aromatic N) is 1. The third-order valence-electron chi connectivity index (χ3n) is 10.2. The number of nitrogens with one attached hydrogen (secondary N) is 3. The van der Waals surface area contributed by atoms with E-state index in [0.29, 0.717) is 17.8 Å². The number of hydrogen-bond acceptors (Lipinski definition) is 3. The van der Waals surface area contributed by atoms with Gasteiger partial charge in [0.15, 0.2) is 0 Å². The van der Waals surface area contributed by atoms with Crippen molar-refractivity contribution < 1.29 is 4.79 Å². The molecule has 1 amide bonds. The van der Waals surface area contributed by atoms with E-state index in [2.05, 4.69) is 70.2 Å². The molecule has 0 spiro atoms. The monoisotopic (exact) mass is 542 g/mol. The summed E-state index contributed by atoms with van der Waals surface area (Å²) in [4.78, 5) is 21.1. The van der Waals surface area contributed by atoms with Crippen molar-refractivity contribution in [3.63, 3.8) is 0 Å². The Morgan fingerprint density at radius 1 is 0.756 bits per heavy atom. The fourth-order valence-electron chi connectivity index (χ4n) is 8.15. The number of imidazole rings is 1. The average molecular weight is 543 g/mol. The SMILES string of the molecule is O=C(Nc1cccc(-c2ccc(-c3ccc(-c4cnc(C5CCCC5)[nH]4)cc3)c3c2C2CCC3C2)c1)C1CCCN1. The van der Waals surface area contributed by atoms with Gasteiger partial charge in [-0.25, -0.2) is 4.98 Å². The Bertz CT molecular complexity index is 1590. The molecule has 3 unspecified atom stereocenters. The van der Waals surface area contributed by atoms with Crippen LogP contribution in [0.3, 0.4) is 0 Å². The minimum Gasteiger partial charge on any atom is -0.342 e. The van der Waals surface area contributed by atoms with Crippen LogP contribution in [0.25, 0.3) is 33.5 Å². The standard InChI is InChI=1S/C36H38N4O/c41-36(31-9-4-18-37-31)39-28-8-3-7-25(20-28)30-17-16-29(33-26-14-15-27(19-26)34(30)33)22-10-12-23(13-11-22)32-21-38-35(40-32)24-5-1-2-6-24/h3,7-8,10-13,16-17,20-21,24,26-27,31,37H,1-2,4-6,9,14-15,18-19H2,(H,38,40)(H,39,41). The predicted molar refractivity (Wildman–Crippen MR) is 165 cm³/mol. The first kappa shape index (κ1) is 25.0. The van der Waals surface area contributed by atoms with E-state index in [9.17, 15) is 4.79 Å². The van der Waals surface area contributed by atoms with Gasteiger partial charge in [-0.2, -0.15) is 0 Å². The fourth-order valence-corrected chi connectivity index (χ4v) is 8.15. The molecule has 8 rings (SSSR count). The van der Waals surface area contributed by atoms with Gasteiger partial charge in [-0.05, 0) is 114 Å². The largest absolute Gasteiger partial charge is 0.342 e. The second-order valence-electron chi connectivity index (χ2n) is 12.7. The highest BCUT2D eigenvalue weighted by molar-refractivity contribution is 5.95. The number of amides is 1. The van der Waals surface area contributed by atoms with Crippen molar-refractivity contribution in [3.8, 4) is 33.5 Å². The number of H-pyrrole nitrogens is 1. The van der Waals surface area contributed by atoms with E-state index in [-0.39, 0.29) is 11.9 Å². The van der Waals surface area contributed by atoms with Gasteiger partial charge in [0.1, 0.15) is 5.82 Å². The summed E-state index contributed by atoms with van der Waals surface area (Å²) >= 11 is 0. The molecule has 3 aromatic carbocycles. The number of carbonyl (C=O) groups is 1. The number of aromatic amines is 1. The number of aromatic nitrogens is 2. The van der Waals surface area contributed by atoms with E-state index in [1.807, 2.05) is 12.3 Å². The van der Waals surface area contributed by atoms with Crippen LogP contribution >= 0.6 is 0 Å². The first-order chi connectivity index (χ1) is 20.2. The summed E-state index contributed by atoms with van der Waals surface area (Å²) in [6.07, 6.45) is 13.0. The Balaban J connectivity index is 1.10. The molecule has 4 aliphatic rings. The maximum Gasteiger partial charge on any atom is 0.241 e. The molecule has 2 saturated carbocycles. The molecule has 4 aromatic rings. The Hall–Kier alpha value is -3.70. The predicted octanol–water partition coefficient (Wildman–Crippen LogP) is 8.12. The van der Waals surface area contributed by atoms with Crippen molar-refractivity contribution in [3.05, 3.63) is 83.8 Å². The lowest BCUT2D eigenvalue weighted by Crippen LogP contribution is -2.35. The summed E-state index contributed by atoms with van der Waals surface area (Å²) in [5, 5.41) is 6.47. The fraction of sp³-hybridized carbons (Fsp3) is 0.389. The molecule has 3 atom stereocenters. The molecule has 1 saturated heterocycles. The van der Waals surface area contributed by atoms with Crippen LogP contribution in [0.4, 0.5) is 5.69 Å². The number of carbonyl (C=O) groups excluding carboxylic acids is 1. The van der Waals surface area contributed by atoms with Crippen molar-refractivity contribution >= 4 is 11.6 Å². The molecule has 3 fully saturated rings. The lowest BCUT2D eigenvalue weighted by Gasteiger charge is -2.23. The second kappa shape index (κ2) is 10.3. The molecule has 5 nitrogen and oxygen atoms in total. The van der Waals surface area contributed by atoms with Gasteiger partial charge in [0.25, 0.3) is 0 Å². The van der Waals surface area contributed by atoms with Crippen LogP contribution in [-0.4, -0.2) is 28.5 Å². The average Bonchev–Trinajstić information content (AvgIpc) is 3.85. The summed E-state index contributed by atoms with van der Waals surface area (Å²) in [7, 11) is 0. The van der Waals surface area contributed by atoms with E-state index in [1.165, 1.54) is 72.8 Å². The lowest BCUT2D eigenvalue weighted by molar-refractivity contribution is -0.117. The van der Waals surface area contributed by atoms with Gasteiger partial charge >= 0.3 is 0 Å². The smallest absolute Gasteiger partial charge is 0.241 e. The highest BCUT2D eigenvalue weighted by Crippen LogP contribution is 2.58. The van der Waals surface area contributed by atoms with Crippen molar-refractivity contribution in [2.45, 2.75) is 81.6 Å². The maximum absolute atomic E-state index is 12.8. The number of fused-ring (bicyclic) bond motifs is 5. The highest BCUT2D eigenvalue weighted by atomic mass is 16.2. The van der Waals surface area contributed by atoms with Crippen molar-refractivity contribution in [1.82, 2.24) is 15.3 Å². The van der Waals surface area contributed by atoms with E-state index in [4.69, 9.17) is 4.98 Å². The second-order valence-corrected chi connectivity index (χ2v) is 12.7. The minimum atomic E-state index is -0.0769. The number of anilines is 1. The Morgan fingerprint density at radius 2 is 1.49 bits per heavy atom. The third-order valence-corrected chi connectivity index (χ3v) is 10.2. The summed E-state index contributed by atoms with van der Waals surface area (Å²) in [5.74, 6) is 3.10. The van der Waals surface area contributed by atoms with E-state index in [1.54, 1.807) is 11.1 Å². The van der Waals surface area contributed by atoms with Crippen LogP contribution in [-0.2, 0) is 4.79 Å². The quantitative estimate of drug-likeness (QED) is 0.230. The molecular weight excluding hydrogens is 504 g/mol. The van der Waals surface area contributed by atoms with E-state index < -0.39 is 0 Å². The molecule has 5 heteroatoms. The van der Waals surface area contributed by atoms with Gasteiger partial charge in [0, 0.05) is 11.6 Å². The summed E-state index contributed by atoms with van der Waals surface area (Å²) in [5.41, 5.74) is 11.5. The van der Waals surface area contributed by atoms with Crippen LogP contribution in [0.2, 0.25) is 0 Å². The van der Waals surface area contributed by atoms with Gasteiger partial charge in [-0.15, -0.1) is 0 Å². The van der Waals surface area contributed by atoms with Crippen LogP contribution in [0, 0.1) is 0 Å². The third kappa shape index (κ3) is 4.51. The lowest BCUT2D eigenvalue weighted by atomic mass is 9.81. The normalized spacial score (nSPS) is 23.3. The van der Waals surface area contributed by atoms with Gasteiger partial charge < -0.3 is 15.6 Å². The van der Waals surface area contributed by atoms with Crippen LogP contribution < -0.4 is 10.6 Å². The van der Waals surface area contributed by atoms with E-state index in [0.717, 1.165) is 36.6 Å². The first-order valence-corrected chi connectivity index (χ1v) is 15.7. The molecule has 1 aliphatic heterocycles. The molecule has 2 bridgehead atoms. The van der Waals surface area contributed by atoms with Crippen molar-refractivity contribution in [1.29, 1.82) is 0 Å². The first-order valence-electron chi connectivity index (χ1n) is 15.7. The van der Waals surface area contributed by atoms with Crippen LogP contribution in [0.5, 0.6) is 0 Å². The van der Waals surface area contributed by atoms with Crippen molar-refractivity contribution in [2.75, 3.05) is 11.9 Å². The zero-order valence-corrected chi connectivity index (χ0v) is 23.6. The Kier molecular flexibility index (Phi) is 6.29. The topological polar surface area (TPSA) is 69.8 Å². The van der Waals surface area contributed by atoms with Gasteiger partial charge in [0.05, 0.1) is 17.9 Å². The minimum absolute atomic E-state index is 0.0765. The Labute approximate surface area is 242 Å². The molecular formula is C36H38N4O. The van der Waals surface area contributed by atoms with Crippen molar-refractivity contribution in [2.24, 2.45) is 0 Å². The van der Waals surface area contributed by atoms with Gasteiger partial charge in [-0.1, -0.05) is 61.4 Å². The molecule has 3 aliphatic carbocycles. The number of rotatable bonds is 6. The number of hydrogen-bond donors (Lipinski definition) is 3. The Morgan fingerprint density at radius 3 is 2.22 bits per heavy atom. The number of benzene rings is 3. The van der Waals surface area contributed by atoms with Gasteiger partial charge in [-0.3, -0.25) is 4.79 Å². The zero-order chi connectivity index (χ0) is 27.3. The zero-order valence-electron chi connectivity index (χ0n) is 23.6. The van der Waals surface area contributed by atoms with Crippen LogP contribution in [0.15, 0.2) is 66.9 Å². The molecule has 208 valence electrons. The van der Waals surface area contributed by atoms with Crippen LogP contribution in [0.1, 0.15) is 92.5 Å². The van der Waals surface area contributed by atoms with E-state index >= 15 is 0 Å². The molecule has 0 radical (unpaired) electrons. The summed E-state index contributed by atoms with van der Waals surface area (Å²) < 4.78 is 0. The summed E-state index contributed by atoms with van der Waals surface area (Å²) in [6.45, 7) is 0.923. The molecule has 3 N–H and O–H groups in total. The maximum atomic E-state index is 12.8. The molecule has 2 heterocycles. The summed E-state index contributed by atoms with van der Waals surface area (Å²) in [6, 6.07) is 22.1. The highest BCUT2D eigenvalue weighted by Gasteiger charge is 2.40. The van der Waals surface area contributed by atoms with Gasteiger partial charge in [0.2, 0.25) is 5.91 Å². The molecule has 41 heavy (non-hydrogen) atoms. The molecule has 1 aromatic heterocycles.